The van der Waals surface area contributed by atoms with Gasteiger partial charge in [0.15, 0.2) is 0 Å². The molecule has 2 N–H and O–H groups in total. The first-order valence-corrected chi connectivity index (χ1v) is 4.53. The van der Waals surface area contributed by atoms with Crippen molar-refractivity contribution in [2.45, 2.75) is 13.1 Å². The fourth-order valence-electron chi connectivity index (χ4n) is 1.23. The summed E-state index contributed by atoms with van der Waals surface area (Å²) in [6.07, 6.45) is 5.23. The van der Waals surface area contributed by atoms with Gasteiger partial charge in [0, 0.05) is 31.2 Å². The van der Waals surface area contributed by atoms with Crippen LogP contribution < -0.4 is 5.32 Å². The molecule has 4 heteroatoms. The van der Waals surface area contributed by atoms with E-state index in [0.29, 0.717) is 0 Å². The Labute approximate surface area is 82.4 Å². The highest BCUT2D eigenvalue weighted by Gasteiger charge is 1.94. The predicted molar refractivity (Wildman–Crippen MR) is 53.4 cm³/mol. The highest BCUT2D eigenvalue weighted by atomic mass is 14.9. The van der Waals surface area contributed by atoms with Gasteiger partial charge in [0.2, 0.25) is 0 Å². The lowest BCUT2D eigenvalue weighted by atomic mass is 10.4. The third-order valence-corrected chi connectivity index (χ3v) is 1.93. The Balaban J connectivity index is 1.79. The summed E-state index contributed by atoms with van der Waals surface area (Å²) in [6.45, 7) is 1.60. The van der Waals surface area contributed by atoms with Crippen LogP contribution >= 0.6 is 0 Å². The summed E-state index contributed by atoms with van der Waals surface area (Å²) < 4.78 is 0. The minimum atomic E-state index is 0.765. The van der Waals surface area contributed by atoms with Crippen LogP contribution in [0.5, 0.6) is 0 Å². The topological polar surface area (TPSA) is 53.6 Å². The van der Waals surface area contributed by atoms with E-state index in [1.807, 2.05) is 24.4 Å². The molecule has 0 fully saturated rings. The zero-order chi connectivity index (χ0) is 9.64. The molecule has 0 unspecified atom stereocenters. The van der Waals surface area contributed by atoms with E-state index in [9.17, 15) is 0 Å². The van der Waals surface area contributed by atoms with Gasteiger partial charge in [-0.15, -0.1) is 0 Å². The van der Waals surface area contributed by atoms with E-state index in [2.05, 4.69) is 20.3 Å². The molecular formula is C10H12N4. The lowest BCUT2D eigenvalue weighted by molar-refractivity contribution is 0.668. The SMILES string of the molecule is c1c[nH]c(CNCc2ccncn2)c1. The van der Waals surface area contributed by atoms with Crippen molar-refractivity contribution in [1.82, 2.24) is 20.3 Å². The van der Waals surface area contributed by atoms with Crippen molar-refractivity contribution in [2.24, 2.45) is 0 Å². The first kappa shape index (κ1) is 8.90. The standard InChI is InChI=1S/C10H12N4/c1-2-9(13-4-1)6-12-7-10-3-5-11-8-14-10/h1-5,8,12-13H,6-7H2. The first-order chi connectivity index (χ1) is 6.95. The maximum atomic E-state index is 4.11. The van der Waals surface area contributed by atoms with Crippen LogP contribution in [-0.2, 0) is 13.1 Å². The number of aromatic amines is 1. The Hall–Kier alpha value is -1.68. The van der Waals surface area contributed by atoms with Gasteiger partial charge in [-0.3, -0.25) is 0 Å². The molecule has 0 radical (unpaired) electrons. The second-order valence-corrected chi connectivity index (χ2v) is 3.00. The lowest BCUT2D eigenvalue weighted by Crippen LogP contribution is -2.13. The second kappa shape index (κ2) is 4.53. The lowest BCUT2D eigenvalue weighted by Gasteiger charge is -2.01. The highest BCUT2D eigenvalue weighted by Crippen LogP contribution is 1.95. The van der Waals surface area contributed by atoms with Gasteiger partial charge in [0.1, 0.15) is 6.33 Å². The molecule has 0 spiro atoms. The van der Waals surface area contributed by atoms with Crippen molar-refractivity contribution in [3.8, 4) is 0 Å². The van der Waals surface area contributed by atoms with E-state index < -0.39 is 0 Å². The van der Waals surface area contributed by atoms with E-state index in [1.165, 1.54) is 5.69 Å². The summed E-state index contributed by atoms with van der Waals surface area (Å²) >= 11 is 0. The summed E-state index contributed by atoms with van der Waals surface area (Å²) in [7, 11) is 0. The summed E-state index contributed by atoms with van der Waals surface area (Å²) in [5.41, 5.74) is 2.19. The molecule has 0 saturated carbocycles. The molecular weight excluding hydrogens is 176 g/mol. The van der Waals surface area contributed by atoms with Crippen molar-refractivity contribution >= 4 is 0 Å². The monoisotopic (exact) mass is 188 g/mol. The largest absolute Gasteiger partial charge is 0.364 e. The predicted octanol–water partition coefficient (Wildman–Crippen LogP) is 1.09. The molecule has 0 bridgehead atoms. The zero-order valence-electron chi connectivity index (χ0n) is 7.77. The van der Waals surface area contributed by atoms with E-state index in [-0.39, 0.29) is 0 Å². The summed E-state index contributed by atoms with van der Waals surface area (Å²) in [6, 6.07) is 5.94. The van der Waals surface area contributed by atoms with E-state index in [0.717, 1.165) is 18.8 Å². The number of aromatic nitrogens is 3. The zero-order valence-corrected chi connectivity index (χ0v) is 7.77. The third-order valence-electron chi connectivity index (χ3n) is 1.93. The number of nitrogens with one attached hydrogen (secondary N) is 2. The molecule has 72 valence electrons. The Morgan fingerprint density at radius 2 is 2.29 bits per heavy atom. The summed E-state index contributed by atoms with van der Waals surface area (Å²) in [4.78, 5) is 11.1. The Kier molecular flexibility index (Phi) is 2.88. The van der Waals surface area contributed by atoms with Gasteiger partial charge in [-0.25, -0.2) is 9.97 Å². The van der Waals surface area contributed by atoms with Gasteiger partial charge in [-0.2, -0.15) is 0 Å². The summed E-state index contributed by atoms with van der Waals surface area (Å²) in [5, 5.41) is 3.28. The van der Waals surface area contributed by atoms with E-state index >= 15 is 0 Å². The highest BCUT2D eigenvalue weighted by molar-refractivity contribution is 5.03. The quantitative estimate of drug-likeness (QED) is 0.755. The molecule has 0 atom stereocenters. The van der Waals surface area contributed by atoms with Crippen LogP contribution in [0.2, 0.25) is 0 Å². The molecule has 2 aromatic heterocycles. The molecule has 14 heavy (non-hydrogen) atoms. The van der Waals surface area contributed by atoms with Crippen molar-refractivity contribution < 1.29 is 0 Å². The molecule has 0 amide bonds. The van der Waals surface area contributed by atoms with Gasteiger partial charge >= 0.3 is 0 Å². The third kappa shape index (κ3) is 2.40. The van der Waals surface area contributed by atoms with Crippen molar-refractivity contribution in [3.05, 3.63) is 48.3 Å². The molecule has 0 aliphatic carbocycles. The number of nitrogens with zero attached hydrogens (tertiary/aromatic N) is 2. The average molecular weight is 188 g/mol. The van der Waals surface area contributed by atoms with Crippen LogP contribution in [0.1, 0.15) is 11.4 Å². The van der Waals surface area contributed by atoms with Crippen molar-refractivity contribution in [3.63, 3.8) is 0 Å². The number of hydrogen-bond acceptors (Lipinski definition) is 3. The average Bonchev–Trinajstić information content (AvgIpc) is 2.72. The molecule has 0 aromatic carbocycles. The number of rotatable bonds is 4. The van der Waals surface area contributed by atoms with Gasteiger partial charge in [-0.05, 0) is 18.2 Å². The Morgan fingerprint density at radius 3 is 3.00 bits per heavy atom. The minimum absolute atomic E-state index is 0.765. The molecule has 0 aliphatic heterocycles. The molecule has 0 aliphatic rings. The fraction of sp³-hybridized carbons (Fsp3) is 0.200. The second-order valence-electron chi connectivity index (χ2n) is 3.00. The molecule has 2 aromatic rings. The molecule has 4 nitrogen and oxygen atoms in total. The van der Waals surface area contributed by atoms with Gasteiger partial charge in [-0.1, -0.05) is 0 Å². The smallest absolute Gasteiger partial charge is 0.115 e. The van der Waals surface area contributed by atoms with Crippen LogP contribution in [-0.4, -0.2) is 15.0 Å². The van der Waals surface area contributed by atoms with Crippen molar-refractivity contribution in [1.29, 1.82) is 0 Å². The van der Waals surface area contributed by atoms with E-state index in [4.69, 9.17) is 0 Å². The maximum Gasteiger partial charge on any atom is 0.115 e. The Bertz CT molecular complexity index is 355. The molecule has 0 saturated heterocycles. The number of hydrogen-bond donors (Lipinski definition) is 2. The first-order valence-electron chi connectivity index (χ1n) is 4.53. The summed E-state index contributed by atoms with van der Waals surface area (Å²) in [5.74, 6) is 0. The van der Waals surface area contributed by atoms with Gasteiger partial charge in [0.05, 0.1) is 5.69 Å². The van der Waals surface area contributed by atoms with Crippen LogP contribution in [0.25, 0.3) is 0 Å². The molecule has 2 rings (SSSR count). The Morgan fingerprint density at radius 1 is 1.29 bits per heavy atom. The minimum Gasteiger partial charge on any atom is -0.364 e. The molecule has 2 heterocycles. The van der Waals surface area contributed by atoms with Crippen LogP contribution in [0.3, 0.4) is 0 Å². The van der Waals surface area contributed by atoms with Gasteiger partial charge in [0.25, 0.3) is 0 Å². The normalized spacial score (nSPS) is 10.3. The van der Waals surface area contributed by atoms with Crippen LogP contribution in [0.15, 0.2) is 36.9 Å². The van der Waals surface area contributed by atoms with E-state index in [1.54, 1.807) is 12.5 Å². The van der Waals surface area contributed by atoms with Gasteiger partial charge < -0.3 is 10.3 Å². The number of H-pyrrole nitrogens is 1. The fourth-order valence-corrected chi connectivity index (χ4v) is 1.23. The van der Waals surface area contributed by atoms with Crippen LogP contribution in [0, 0.1) is 0 Å². The maximum absolute atomic E-state index is 4.11. The van der Waals surface area contributed by atoms with Crippen molar-refractivity contribution in [2.75, 3.05) is 0 Å². The van der Waals surface area contributed by atoms with Crippen LogP contribution in [0.4, 0.5) is 0 Å².